The van der Waals surface area contributed by atoms with Gasteiger partial charge in [0.2, 0.25) is 0 Å². The van der Waals surface area contributed by atoms with Crippen molar-refractivity contribution >= 4 is 5.78 Å². The van der Waals surface area contributed by atoms with Gasteiger partial charge in [-0.1, -0.05) is 48.5 Å². The van der Waals surface area contributed by atoms with Gasteiger partial charge in [0.1, 0.15) is 0 Å². The van der Waals surface area contributed by atoms with E-state index in [0.717, 1.165) is 17.9 Å². The molecule has 32 heavy (non-hydrogen) atoms. The quantitative estimate of drug-likeness (QED) is 0.411. The molecule has 2 heteroatoms. The van der Waals surface area contributed by atoms with Crippen LogP contribution >= 0.6 is 0 Å². The van der Waals surface area contributed by atoms with E-state index in [1.54, 1.807) is 0 Å². The second-order valence-electron chi connectivity index (χ2n) is 15.1. The van der Waals surface area contributed by atoms with Crippen molar-refractivity contribution < 1.29 is 9.90 Å². The second kappa shape index (κ2) is 6.45. The average molecular weight is 441 g/mol. The van der Waals surface area contributed by atoms with Gasteiger partial charge < -0.3 is 5.11 Å². The normalized spacial score (nSPS) is 54.9. The number of hydrogen-bond donors (Lipinski definition) is 1. The summed E-state index contributed by atoms with van der Waals surface area (Å²) in [4.78, 5) is 12.8. The smallest absolute Gasteiger partial charge is 0.197 e. The van der Waals surface area contributed by atoms with Crippen LogP contribution in [0, 0.1) is 50.2 Å². The molecule has 0 aromatic carbocycles. The van der Waals surface area contributed by atoms with Crippen LogP contribution in [0.5, 0.6) is 0 Å². The third-order valence-corrected chi connectivity index (χ3v) is 13.4. The Labute approximate surface area is 197 Å². The minimum atomic E-state index is -0.0244. The SMILES string of the molecule is CC1=C(O)C(=O)CC2[C@]3(C)CC[C@@]4(C)C5CC(C)(C)CC[C@]5(C)CC[C@]4(C)C3CC[C@]12C. The van der Waals surface area contributed by atoms with Crippen LogP contribution in [0.25, 0.3) is 0 Å². The van der Waals surface area contributed by atoms with Crippen LogP contribution in [0.1, 0.15) is 120 Å². The molecule has 4 fully saturated rings. The van der Waals surface area contributed by atoms with Crippen molar-refractivity contribution in [3.05, 3.63) is 11.3 Å². The Hall–Kier alpha value is -0.790. The number of ketones is 1. The maximum Gasteiger partial charge on any atom is 0.197 e. The molecule has 0 amide bonds. The van der Waals surface area contributed by atoms with Crippen LogP contribution in [-0.2, 0) is 4.79 Å². The Morgan fingerprint density at radius 1 is 0.750 bits per heavy atom. The van der Waals surface area contributed by atoms with E-state index in [0.29, 0.717) is 39.9 Å². The molecule has 2 nitrogen and oxygen atoms in total. The van der Waals surface area contributed by atoms with Crippen LogP contribution in [0.2, 0.25) is 0 Å². The van der Waals surface area contributed by atoms with Gasteiger partial charge in [-0.25, -0.2) is 0 Å². The van der Waals surface area contributed by atoms with Crippen molar-refractivity contribution in [2.24, 2.45) is 50.2 Å². The monoisotopic (exact) mass is 440 g/mol. The molecule has 0 spiro atoms. The number of carbonyl (C=O) groups excluding carboxylic acids is 1. The summed E-state index contributed by atoms with van der Waals surface area (Å²) in [7, 11) is 0. The average Bonchev–Trinajstić information content (AvgIpc) is 2.72. The molecule has 4 saturated carbocycles. The summed E-state index contributed by atoms with van der Waals surface area (Å²) in [5.74, 6) is 1.94. The molecule has 0 bridgehead atoms. The van der Waals surface area contributed by atoms with E-state index in [1.807, 2.05) is 6.92 Å². The molecule has 0 aliphatic heterocycles. The Morgan fingerprint density at radius 2 is 1.34 bits per heavy atom. The van der Waals surface area contributed by atoms with Crippen molar-refractivity contribution in [3.8, 4) is 0 Å². The summed E-state index contributed by atoms with van der Waals surface area (Å²) < 4.78 is 0. The highest BCUT2D eigenvalue weighted by Gasteiger charge is 2.70. The number of Topliss-reactive ketones (excluding diaryl/α,β-unsaturated/α-hetero) is 1. The number of hydrogen-bond acceptors (Lipinski definition) is 2. The van der Waals surface area contributed by atoms with Gasteiger partial charge in [-0.3, -0.25) is 4.79 Å². The van der Waals surface area contributed by atoms with E-state index in [2.05, 4.69) is 48.5 Å². The first-order valence-electron chi connectivity index (χ1n) is 13.6. The molecule has 5 rings (SSSR count). The second-order valence-corrected chi connectivity index (χ2v) is 15.1. The lowest BCUT2D eigenvalue weighted by atomic mass is 9.30. The van der Waals surface area contributed by atoms with Gasteiger partial charge in [-0.05, 0) is 121 Å². The molecule has 0 radical (unpaired) electrons. The minimum Gasteiger partial charge on any atom is -0.504 e. The van der Waals surface area contributed by atoms with Crippen LogP contribution in [0.15, 0.2) is 11.3 Å². The fourth-order valence-corrected chi connectivity index (χ4v) is 10.8. The number of allylic oxidation sites excluding steroid dienone is 2. The summed E-state index contributed by atoms with van der Waals surface area (Å²) in [6, 6.07) is 0. The first-order valence-corrected chi connectivity index (χ1v) is 13.6. The molecule has 0 heterocycles. The van der Waals surface area contributed by atoms with Gasteiger partial charge in [-0.2, -0.15) is 0 Å². The summed E-state index contributed by atoms with van der Waals surface area (Å²) >= 11 is 0. The van der Waals surface area contributed by atoms with Gasteiger partial charge >= 0.3 is 0 Å². The maximum absolute atomic E-state index is 12.8. The molecule has 0 saturated heterocycles. The van der Waals surface area contributed by atoms with E-state index >= 15 is 0 Å². The number of aliphatic hydroxyl groups excluding tert-OH is 1. The van der Waals surface area contributed by atoms with Crippen LogP contribution in [0.4, 0.5) is 0 Å². The third kappa shape index (κ3) is 2.62. The molecular weight excluding hydrogens is 392 g/mol. The standard InChI is InChI=1S/C30H48O2/c1-19-24(32)20(31)17-22-27(19,5)10-9-21-28(22,6)14-16-30(8)23-18-25(2,3)11-12-26(23,4)13-15-29(21,30)7/h21-23,32H,9-18H2,1-8H3/t21?,22?,23?,26-,27-,28-,29-,30+/m1/s1. The minimum absolute atomic E-state index is 0.00409. The first-order chi connectivity index (χ1) is 14.6. The van der Waals surface area contributed by atoms with E-state index in [-0.39, 0.29) is 22.4 Å². The topological polar surface area (TPSA) is 37.3 Å². The van der Waals surface area contributed by atoms with Crippen molar-refractivity contribution in [2.45, 2.75) is 120 Å². The number of fused-ring (bicyclic) bond motifs is 7. The van der Waals surface area contributed by atoms with Crippen molar-refractivity contribution in [1.82, 2.24) is 0 Å². The van der Waals surface area contributed by atoms with Crippen LogP contribution in [-0.4, -0.2) is 10.9 Å². The molecule has 3 unspecified atom stereocenters. The lowest BCUT2D eigenvalue weighted by Gasteiger charge is -2.74. The van der Waals surface area contributed by atoms with Crippen molar-refractivity contribution in [3.63, 3.8) is 0 Å². The van der Waals surface area contributed by atoms with E-state index < -0.39 is 0 Å². The molecule has 5 aliphatic carbocycles. The fourth-order valence-electron chi connectivity index (χ4n) is 10.8. The lowest BCUT2D eigenvalue weighted by Crippen LogP contribution is -2.67. The Kier molecular flexibility index (Phi) is 4.63. The van der Waals surface area contributed by atoms with Gasteiger partial charge in [0.25, 0.3) is 0 Å². The van der Waals surface area contributed by atoms with Gasteiger partial charge in [0, 0.05) is 6.42 Å². The number of rotatable bonds is 0. The highest BCUT2D eigenvalue weighted by molar-refractivity contribution is 5.95. The Bertz CT molecular complexity index is 883. The Balaban J connectivity index is 1.57. The third-order valence-electron chi connectivity index (χ3n) is 13.4. The molecule has 180 valence electrons. The molecular formula is C30H48O2. The number of carbonyl (C=O) groups is 1. The van der Waals surface area contributed by atoms with E-state index in [1.165, 1.54) is 51.4 Å². The lowest BCUT2D eigenvalue weighted by molar-refractivity contribution is -0.248. The Morgan fingerprint density at radius 3 is 2.03 bits per heavy atom. The molecule has 0 aromatic heterocycles. The highest BCUT2D eigenvalue weighted by Crippen LogP contribution is 2.78. The number of aliphatic hydroxyl groups is 1. The van der Waals surface area contributed by atoms with E-state index in [9.17, 15) is 9.90 Å². The zero-order valence-electron chi connectivity index (χ0n) is 22.2. The summed E-state index contributed by atoms with van der Waals surface area (Å²) in [5, 5.41) is 10.5. The first kappa shape index (κ1) is 23.0. The predicted octanol–water partition coefficient (Wildman–Crippen LogP) is 8.26. The van der Waals surface area contributed by atoms with Gasteiger partial charge in [0.15, 0.2) is 11.5 Å². The molecule has 8 atom stereocenters. The predicted molar refractivity (Wildman–Crippen MR) is 131 cm³/mol. The summed E-state index contributed by atoms with van der Waals surface area (Å²) in [5.41, 5.74) is 2.85. The largest absolute Gasteiger partial charge is 0.504 e. The molecule has 5 aliphatic rings. The molecule has 1 N–H and O–H groups in total. The fraction of sp³-hybridized carbons (Fsp3) is 0.900. The van der Waals surface area contributed by atoms with Crippen molar-refractivity contribution in [1.29, 1.82) is 0 Å². The van der Waals surface area contributed by atoms with Crippen molar-refractivity contribution in [2.75, 3.05) is 0 Å². The summed E-state index contributed by atoms with van der Waals surface area (Å²) in [6.45, 7) is 19.9. The zero-order chi connectivity index (χ0) is 23.5. The van der Waals surface area contributed by atoms with Crippen LogP contribution < -0.4 is 0 Å². The van der Waals surface area contributed by atoms with Crippen LogP contribution in [0.3, 0.4) is 0 Å². The van der Waals surface area contributed by atoms with Gasteiger partial charge in [0.05, 0.1) is 0 Å². The maximum atomic E-state index is 12.8. The highest BCUT2D eigenvalue weighted by atomic mass is 16.3. The zero-order valence-corrected chi connectivity index (χ0v) is 22.2. The van der Waals surface area contributed by atoms with Gasteiger partial charge in [-0.15, -0.1) is 0 Å². The molecule has 0 aromatic rings. The van der Waals surface area contributed by atoms with E-state index in [4.69, 9.17) is 0 Å². The summed E-state index contributed by atoms with van der Waals surface area (Å²) in [6.07, 6.45) is 12.4.